The van der Waals surface area contributed by atoms with Gasteiger partial charge in [-0.2, -0.15) is 10.1 Å². The zero-order valence-electron chi connectivity index (χ0n) is 36.7. The number of hydrogen-bond donors (Lipinski definition) is 3. The number of amides is 2. The molecular weight excluding hydrogens is 858 g/mol. The van der Waals surface area contributed by atoms with E-state index in [1.165, 1.54) is 4.57 Å². The summed E-state index contributed by atoms with van der Waals surface area (Å²) in [6.45, 7) is 4.93. The fraction of sp³-hybridized carbons (Fsp3) is 0.532. The van der Waals surface area contributed by atoms with Gasteiger partial charge in [0.15, 0.2) is 12.4 Å². The maximum absolute atomic E-state index is 15.2. The van der Waals surface area contributed by atoms with Crippen LogP contribution < -0.4 is 36.0 Å². The number of nitrogens with one attached hydrogen (secondary N) is 3. The molecule has 1 unspecified atom stereocenters. The van der Waals surface area contributed by atoms with Crippen molar-refractivity contribution >= 4 is 74.0 Å². The van der Waals surface area contributed by atoms with Gasteiger partial charge >= 0.3 is 5.92 Å². The van der Waals surface area contributed by atoms with Crippen molar-refractivity contribution in [3.05, 3.63) is 63.7 Å². The molecule has 342 valence electrons. The molecule has 2 aromatic carbocycles. The minimum Gasteiger partial charge on any atom is -0.480 e. The number of rotatable bonds is 8. The number of fused-ring (bicyclic) bond motifs is 4. The minimum atomic E-state index is -3.13. The normalized spacial score (nSPS) is 25.4. The summed E-state index contributed by atoms with van der Waals surface area (Å²) in [5.41, 5.74) is 4.00. The number of piperidine rings is 2. The van der Waals surface area contributed by atoms with E-state index in [9.17, 15) is 14.4 Å². The average Bonchev–Trinajstić information content (AvgIpc) is 4.08. The lowest BCUT2D eigenvalue weighted by atomic mass is 9.64. The first-order chi connectivity index (χ1) is 31.2. The van der Waals surface area contributed by atoms with Gasteiger partial charge in [-0.1, -0.05) is 18.5 Å². The van der Waals surface area contributed by atoms with Crippen molar-refractivity contribution in [2.24, 2.45) is 31.3 Å². The van der Waals surface area contributed by atoms with E-state index in [0.29, 0.717) is 65.0 Å². The first-order valence-electron chi connectivity index (χ1n) is 22.9. The molecular formula is C47H53ClF2N10O5. The summed E-state index contributed by atoms with van der Waals surface area (Å²) in [4.78, 5) is 51.7. The lowest BCUT2D eigenvalue weighted by Gasteiger charge is -2.55. The molecule has 3 saturated heterocycles. The topological polar surface area (TPSA) is 161 Å². The average molecular weight is 911 g/mol. The molecule has 65 heavy (non-hydrogen) atoms. The van der Waals surface area contributed by atoms with Gasteiger partial charge in [0.1, 0.15) is 5.02 Å². The largest absolute Gasteiger partial charge is 0.480 e. The molecule has 3 aromatic heterocycles. The van der Waals surface area contributed by atoms with E-state index >= 15 is 8.78 Å². The molecule has 5 aromatic rings. The number of carbonyl (C=O) groups is 2. The van der Waals surface area contributed by atoms with Gasteiger partial charge < -0.3 is 34.5 Å². The number of pyridine rings is 1. The molecule has 11 rings (SSSR count). The summed E-state index contributed by atoms with van der Waals surface area (Å²) < 4.78 is 46.0. The lowest BCUT2D eigenvalue weighted by molar-refractivity contribution is -0.134. The molecule has 18 heteroatoms. The first-order valence-corrected chi connectivity index (χ1v) is 23.3. The molecule has 0 radical (unpaired) electrons. The minimum absolute atomic E-state index is 0.105. The third-order valence-corrected chi connectivity index (χ3v) is 15.2. The molecule has 2 saturated carbocycles. The van der Waals surface area contributed by atoms with Crippen molar-refractivity contribution < 1.29 is 27.8 Å². The number of benzene rings is 2. The van der Waals surface area contributed by atoms with Crippen LogP contribution in [0.1, 0.15) is 76.3 Å². The smallest absolute Gasteiger partial charge is 0.301 e. The van der Waals surface area contributed by atoms with Crippen LogP contribution in [-0.2, 0) is 28.4 Å². The Kier molecular flexibility index (Phi) is 10.2. The number of aryl methyl sites for hydroxylation is 2. The highest BCUT2D eigenvalue weighted by atomic mass is 35.5. The lowest BCUT2D eigenvalue weighted by Crippen LogP contribution is -2.60. The van der Waals surface area contributed by atoms with Crippen LogP contribution >= 0.6 is 11.6 Å². The van der Waals surface area contributed by atoms with Crippen LogP contribution in [0.4, 0.5) is 37.6 Å². The van der Waals surface area contributed by atoms with E-state index in [4.69, 9.17) is 31.2 Å². The molecule has 6 aliphatic rings. The standard InChI is InChI=1S/C47H53ClF2N10O5/c1-25-20-46(15-12-36(25)65-29-13-16-59(17-14-29)28-7-8-30-35(19-28)58(3)56-38(30)31-9-11-37(61)53-43(31)62)22-60(23-46)45-51-21-33(48)42(55-45)52-27-6-10-34-32(18-27)39-40(44(63)57(34)2)64-24-47(49,50)41(54-39)26-4-5-26/h6-8,10,18-19,21,25-26,29,31,36,41,54H,4-5,9,11-17,20,22-24H2,1-3H3,(H,51,52,55)(H,53,61,62)/t25-,31?,36-,41-/m0/s1. The summed E-state index contributed by atoms with van der Waals surface area (Å²) in [6.07, 6.45) is 9.24. The predicted octanol–water partition coefficient (Wildman–Crippen LogP) is 7.03. The Morgan fingerprint density at radius 1 is 0.954 bits per heavy atom. The second-order valence-electron chi connectivity index (χ2n) is 19.5. The number of anilines is 5. The molecule has 3 N–H and O–H groups in total. The Bertz CT molecular complexity index is 2800. The van der Waals surface area contributed by atoms with Crippen LogP contribution in [-0.4, -0.2) is 93.1 Å². The number of imide groups is 1. The Hall–Kier alpha value is -5.55. The molecule has 15 nitrogen and oxygen atoms in total. The van der Waals surface area contributed by atoms with Gasteiger partial charge in [-0.05, 0) is 99.6 Å². The van der Waals surface area contributed by atoms with Gasteiger partial charge in [-0.3, -0.25) is 24.4 Å². The third-order valence-electron chi connectivity index (χ3n) is 14.9. The Morgan fingerprint density at radius 2 is 1.75 bits per heavy atom. The first kappa shape index (κ1) is 42.1. The quantitative estimate of drug-likeness (QED) is 0.137. The number of aromatic nitrogens is 5. The number of hydrogen-bond acceptors (Lipinski definition) is 12. The zero-order valence-corrected chi connectivity index (χ0v) is 37.5. The SMILES string of the molecule is C[C@H]1CC2(CC[C@@H]1OC1CCN(c3ccc4c(C5CCC(=O)NC5=O)nn(C)c4c3)CC1)CN(c1ncc(Cl)c(Nc3ccc4c(c3)c3c(c(=O)n4C)OCC(F)(F)[C@H](C4CC4)N3)n1)C2. The van der Waals surface area contributed by atoms with Crippen molar-refractivity contribution in [3.8, 4) is 5.75 Å². The highest BCUT2D eigenvalue weighted by Gasteiger charge is 2.52. The van der Waals surface area contributed by atoms with E-state index < -0.39 is 30.0 Å². The Morgan fingerprint density at radius 3 is 2.51 bits per heavy atom. The Balaban J connectivity index is 0.704. The van der Waals surface area contributed by atoms with Crippen LogP contribution in [0.3, 0.4) is 0 Å². The van der Waals surface area contributed by atoms with Crippen LogP contribution in [0.15, 0.2) is 47.4 Å². The van der Waals surface area contributed by atoms with Crippen LogP contribution in [0.25, 0.3) is 21.8 Å². The van der Waals surface area contributed by atoms with Crippen molar-refractivity contribution in [2.45, 2.75) is 94.8 Å². The molecule has 4 atom stereocenters. The van der Waals surface area contributed by atoms with Gasteiger partial charge in [0.25, 0.3) is 5.56 Å². The fourth-order valence-electron chi connectivity index (χ4n) is 11.2. The highest BCUT2D eigenvalue weighted by molar-refractivity contribution is 6.33. The maximum Gasteiger partial charge on any atom is 0.301 e. The van der Waals surface area contributed by atoms with E-state index in [0.717, 1.165) is 80.6 Å². The van der Waals surface area contributed by atoms with Crippen molar-refractivity contribution in [2.75, 3.05) is 53.2 Å². The molecule has 7 heterocycles. The second kappa shape index (κ2) is 15.8. The molecule has 2 amide bonds. The predicted molar refractivity (Wildman–Crippen MR) is 244 cm³/mol. The fourth-order valence-corrected chi connectivity index (χ4v) is 11.4. The van der Waals surface area contributed by atoms with Gasteiger partial charge in [0.2, 0.25) is 23.5 Å². The molecule has 5 fully saturated rings. The molecule has 0 bridgehead atoms. The van der Waals surface area contributed by atoms with Crippen molar-refractivity contribution in [1.29, 1.82) is 0 Å². The zero-order chi connectivity index (χ0) is 44.9. The summed E-state index contributed by atoms with van der Waals surface area (Å²) in [7, 11) is 3.51. The molecule has 2 aliphatic carbocycles. The summed E-state index contributed by atoms with van der Waals surface area (Å²) in [6, 6.07) is 10.6. The van der Waals surface area contributed by atoms with Gasteiger partial charge in [0, 0.05) is 74.3 Å². The van der Waals surface area contributed by atoms with Crippen molar-refractivity contribution in [3.63, 3.8) is 0 Å². The van der Waals surface area contributed by atoms with Gasteiger partial charge in [-0.15, -0.1) is 0 Å². The number of alkyl halides is 2. The van der Waals surface area contributed by atoms with Crippen molar-refractivity contribution in [1.82, 2.24) is 29.6 Å². The van der Waals surface area contributed by atoms with Crippen LogP contribution in [0, 0.1) is 17.3 Å². The molecule has 4 aliphatic heterocycles. The number of carbonyl (C=O) groups excluding carboxylic acids is 2. The van der Waals surface area contributed by atoms with Gasteiger partial charge in [0.05, 0.1) is 52.8 Å². The Labute approximate surface area is 379 Å². The monoisotopic (exact) mass is 910 g/mol. The van der Waals surface area contributed by atoms with E-state index in [2.05, 4.69) is 55.9 Å². The summed E-state index contributed by atoms with van der Waals surface area (Å²) in [5, 5.41) is 15.4. The van der Waals surface area contributed by atoms with E-state index in [1.807, 2.05) is 23.9 Å². The van der Waals surface area contributed by atoms with Gasteiger partial charge in [-0.25, -0.2) is 13.8 Å². The van der Waals surface area contributed by atoms with Crippen LogP contribution in [0.2, 0.25) is 5.02 Å². The van der Waals surface area contributed by atoms with E-state index in [-0.39, 0.29) is 46.8 Å². The maximum atomic E-state index is 15.2. The number of nitrogens with zero attached hydrogens (tertiary/aromatic N) is 7. The van der Waals surface area contributed by atoms with E-state index in [1.54, 1.807) is 19.3 Å². The third kappa shape index (κ3) is 7.61. The van der Waals surface area contributed by atoms with Crippen LogP contribution in [0.5, 0.6) is 5.75 Å². The molecule has 1 spiro atoms. The second-order valence-corrected chi connectivity index (χ2v) is 19.9. The number of ether oxygens (including phenoxy) is 2. The number of halogens is 3. The summed E-state index contributed by atoms with van der Waals surface area (Å²) >= 11 is 6.66. The summed E-state index contributed by atoms with van der Waals surface area (Å²) in [5.74, 6) is -2.93. The highest BCUT2D eigenvalue weighted by Crippen LogP contribution is 2.49.